The maximum Gasteiger partial charge on any atom is 0.410 e. The highest BCUT2D eigenvalue weighted by atomic mass is 16.6. The summed E-state index contributed by atoms with van der Waals surface area (Å²) < 4.78 is 5.29. The first-order valence-corrected chi connectivity index (χ1v) is 5.93. The number of amides is 1. The van der Waals surface area contributed by atoms with Crippen LogP contribution in [0, 0.1) is 0 Å². The van der Waals surface area contributed by atoms with Gasteiger partial charge in [0.25, 0.3) is 0 Å². The van der Waals surface area contributed by atoms with Gasteiger partial charge in [0.1, 0.15) is 6.61 Å². The van der Waals surface area contributed by atoms with Crippen molar-refractivity contribution < 1.29 is 9.53 Å². The zero-order chi connectivity index (χ0) is 12.9. The SMILES string of the molecule is CCN(C(=O)OCc1ccccc1)C(C)(C)C. The molecule has 0 aliphatic carbocycles. The van der Waals surface area contributed by atoms with Crippen LogP contribution in [-0.2, 0) is 11.3 Å². The predicted octanol–water partition coefficient (Wildman–Crippen LogP) is 3.44. The molecular formula is C14H21NO2. The summed E-state index contributed by atoms with van der Waals surface area (Å²) in [6.45, 7) is 8.93. The number of hydrogen-bond acceptors (Lipinski definition) is 2. The van der Waals surface area contributed by atoms with E-state index in [1.165, 1.54) is 0 Å². The van der Waals surface area contributed by atoms with Gasteiger partial charge in [-0.2, -0.15) is 0 Å². The summed E-state index contributed by atoms with van der Waals surface area (Å²) >= 11 is 0. The number of rotatable bonds is 3. The fraction of sp³-hybridized carbons (Fsp3) is 0.500. The Morgan fingerprint density at radius 1 is 1.24 bits per heavy atom. The van der Waals surface area contributed by atoms with Gasteiger partial charge in [0.2, 0.25) is 0 Å². The molecule has 0 bridgehead atoms. The molecule has 0 spiro atoms. The summed E-state index contributed by atoms with van der Waals surface area (Å²) in [5.74, 6) is 0. The van der Waals surface area contributed by atoms with Crippen LogP contribution in [0.25, 0.3) is 0 Å². The average molecular weight is 235 g/mol. The molecule has 3 nitrogen and oxygen atoms in total. The van der Waals surface area contributed by atoms with E-state index >= 15 is 0 Å². The summed E-state index contributed by atoms with van der Waals surface area (Å²) in [5.41, 5.74) is 0.800. The van der Waals surface area contributed by atoms with Gasteiger partial charge in [0.05, 0.1) is 0 Å². The smallest absolute Gasteiger partial charge is 0.410 e. The van der Waals surface area contributed by atoms with Crippen LogP contribution >= 0.6 is 0 Å². The number of ether oxygens (including phenoxy) is 1. The zero-order valence-corrected chi connectivity index (χ0v) is 11.1. The molecule has 0 aliphatic rings. The minimum absolute atomic E-state index is 0.206. The van der Waals surface area contributed by atoms with Crippen molar-refractivity contribution in [2.75, 3.05) is 6.54 Å². The Morgan fingerprint density at radius 3 is 2.29 bits per heavy atom. The van der Waals surface area contributed by atoms with Crippen molar-refractivity contribution in [3.63, 3.8) is 0 Å². The Bertz CT molecular complexity index is 354. The van der Waals surface area contributed by atoms with E-state index in [4.69, 9.17) is 4.74 Å². The van der Waals surface area contributed by atoms with Crippen molar-refractivity contribution in [3.05, 3.63) is 35.9 Å². The van der Waals surface area contributed by atoms with Crippen LogP contribution in [0.5, 0.6) is 0 Å². The second-order valence-corrected chi connectivity index (χ2v) is 4.96. The number of carbonyl (C=O) groups excluding carboxylic acids is 1. The van der Waals surface area contributed by atoms with E-state index in [1.54, 1.807) is 4.90 Å². The molecule has 0 aromatic heterocycles. The van der Waals surface area contributed by atoms with Crippen molar-refractivity contribution in [2.45, 2.75) is 39.8 Å². The molecule has 3 heteroatoms. The van der Waals surface area contributed by atoms with Gasteiger partial charge in [-0.25, -0.2) is 4.79 Å². The van der Waals surface area contributed by atoms with Crippen LogP contribution < -0.4 is 0 Å². The molecule has 17 heavy (non-hydrogen) atoms. The molecule has 0 aliphatic heterocycles. The fourth-order valence-electron chi connectivity index (χ4n) is 1.67. The lowest BCUT2D eigenvalue weighted by atomic mass is 10.1. The van der Waals surface area contributed by atoms with Gasteiger partial charge >= 0.3 is 6.09 Å². The van der Waals surface area contributed by atoms with Crippen molar-refractivity contribution in [1.82, 2.24) is 4.90 Å². The summed E-state index contributed by atoms with van der Waals surface area (Å²) in [4.78, 5) is 13.6. The second-order valence-electron chi connectivity index (χ2n) is 4.96. The van der Waals surface area contributed by atoms with Gasteiger partial charge in [-0.3, -0.25) is 0 Å². The quantitative estimate of drug-likeness (QED) is 0.803. The van der Waals surface area contributed by atoms with E-state index in [0.717, 1.165) is 5.56 Å². The third kappa shape index (κ3) is 4.10. The standard InChI is InChI=1S/C14H21NO2/c1-5-15(14(2,3)4)13(16)17-11-12-9-7-6-8-10-12/h6-10H,5,11H2,1-4H3. The zero-order valence-electron chi connectivity index (χ0n) is 11.1. The highest BCUT2D eigenvalue weighted by Crippen LogP contribution is 2.14. The number of nitrogens with zero attached hydrogens (tertiary/aromatic N) is 1. The molecule has 0 heterocycles. The Balaban J connectivity index is 2.55. The topological polar surface area (TPSA) is 29.5 Å². The molecule has 0 N–H and O–H groups in total. The largest absolute Gasteiger partial charge is 0.445 e. The molecule has 1 amide bonds. The van der Waals surface area contributed by atoms with E-state index in [2.05, 4.69) is 0 Å². The summed E-state index contributed by atoms with van der Waals surface area (Å²) in [6, 6.07) is 9.70. The lowest BCUT2D eigenvalue weighted by molar-refractivity contribution is 0.0656. The molecule has 1 aromatic rings. The van der Waals surface area contributed by atoms with Gasteiger partial charge in [0, 0.05) is 12.1 Å². The number of hydrogen-bond donors (Lipinski definition) is 0. The van der Waals surface area contributed by atoms with Crippen molar-refractivity contribution >= 4 is 6.09 Å². The summed E-state index contributed by atoms with van der Waals surface area (Å²) in [7, 11) is 0. The molecular weight excluding hydrogens is 214 g/mol. The number of benzene rings is 1. The maximum atomic E-state index is 11.9. The maximum absolute atomic E-state index is 11.9. The molecule has 0 saturated heterocycles. The molecule has 0 atom stereocenters. The first kappa shape index (κ1) is 13.6. The fourth-order valence-corrected chi connectivity index (χ4v) is 1.67. The highest BCUT2D eigenvalue weighted by molar-refractivity contribution is 5.68. The average Bonchev–Trinajstić information content (AvgIpc) is 2.27. The van der Waals surface area contributed by atoms with Crippen LogP contribution in [0.3, 0.4) is 0 Å². The van der Waals surface area contributed by atoms with Gasteiger partial charge in [-0.05, 0) is 33.3 Å². The lowest BCUT2D eigenvalue weighted by Crippen LogP contribution is -2.45. The lowest BCUT2D eigenvalue weighted by Gasteiger charge is -2.33. The molecule has 0 fully saturated rings. The number of carbonyl (C=O) groups is 1. The minimum atomic E-state index is -0.260. The summed E-state index contributed by atoms with van der Waals surface area (Å²) in [5, 5.41) is 0. The van der Waals surface area contributed by atoms with Gasteiger partial charge in [-0.1, -0.05) is 30.3 Å². The Labute approximate surface area is 103 Å². The highest BCUT2D eigenvalue weighted by Gasteiger charge is 2.25. The minimum Gasteiger partial charge on any atom is -0.445 e. The van der Waals surface area contributed by atoms with Crippen molar-refractivity contribution in [3.8, 4) is 0 Å². The van der Waals surface area contributed by atoms with Crippen LogP contribution in [-0.4, -0.2) is 23.1 Å². The first-order valence-electron chi connectivity index (χ1n) is 5.93. The van der Waals surface area contributed by atoms with Crippen molar-refractivity contribution in [1.29, 1.82) is 0 Å². The van der Waals surface area contributed by atoms with E-state index < -0.39 is 0 Å². The Hall–Kier alpha value is -1.51. The molecule has 1 rings (SSSR count). The third-order valence-corrected chi connectivity index (χ3v) is 2.55. The third-order valence-electron chi connectivity index (χ3n) is 2.55. The monoisotopic (exact) mass is 235 g/mol. The van der Waals surface area contributed by atoms with Gasteiger partial charge in [-0.15, -0.1) is 0 Å². The van der Waals surface area contributed by atoms with Crippen LogP contribution in [0.4, 0.5) is 4.79 Å². The van der Waals surface area contributed by atoms with Crippen LogP contribution in [0.15, 0.2) is 30.3 Å². The van der Waals surface area contributed by atoms with E-state index in [9.17, 15) is 4.79 Å². The Morgan fingerprint density at radius 2 is 1.82 bits per heavy atom. The van der Waals surface area contributed by atoms with E-state index in [-0.39, 0.29) is 11.6 Å². The summed E-state index contributed by atoms with van der Waals surface area (Å²) in [6.07, 6.45) is -0.260. The normalized spacial score (nSPS) is 11.1. The van der Waals surface area contributed by atoms with Gasteiger partial charge in [0.15, 0.2) is 0 Å². The Kier molecular flexibility index (Phi) is 4.55. The van der Waals surface area contributed by atoms with Crippen LogP contribution in [0.2, 0.25) is 0 Å². The molecule has 0 unspecified atom stereocenters. The molecule has 94 valence electrons. The first-order chi connectivity index (χ1) is 7.95. The second kappa shape index (κ2) is 5.71. The molecule has 0 radical (unpaired) electrons. The van der Waals surface area contributed by atoms with E-state index in [1.807, 2.05) is 58.0 Å². The van der Waals surface area contributed by atoms with Gasteiger partial charge < -0.3 is 9.64 Å². The van der Waals surface area contributed by atoms with E-state index in [0.29, 0.717) is 13.2 Å². The predicted molar refractivity (Wildman–Crippen MR) is 68.8 cm³/mol. The molecule has 1 aromatic carbocycles. The van der Waals surface area contributed by atoms with Crippen LogP contribution in [0.1, 0.15) is 33.3 Å². The van der Waals surface area contributed by atoms with Crippen molar-refractivity contribution in [2.24, 2.45) is 0 Å². The molecule has 0 saturated carbocycles.